The lowest BCUT2D eigenvalue weighted by Crippen LogP contribution is -2.33. The third-order valence-electron chi connectivity index (χ3n) is 3.72. The summed E-state index contributed by atoms with van der Waals surface area (Å²) >= 11 is 5.75. The number of hydrogen-bond acceptors (Lipinski definition) is 1. The zero-order valence-corrected chi connectivity index (χ0v) is 14.0. The molecule has 3 aromatic rings. The fourth-order valence-electron chi connectivity index (χ4n) is 2.52. The SMILES string of the molecule is O=C(Nc1ccc(F)c(Cl)c1)NC(c1ccccc1)c1ccccc1. The van der Waals surface area contributed by atoms with E-state index in [2.05, 4.69) is 10.6 Å². The lowest BCUT2D eigenvalue weighted by molar-refractivity contribution is 0.250. The van der Waals surface area contributed by atoms with E-state index in [0.29, 0.717) is 5.69 Å². The van der Waals surface area contributed by atoms with Gasteiger partial charge in [0, 0.05) is 5.69 Å². The van der Waals surface area contributed by atoms with Gasteiger partial charge in [0.2, 0.25) is 0 Å². The largest absolute Gasteiger partial charge is 0.327 e. The Balaban J connectivity index is 1.80. The number of carbonyl (C=O) groups excluding carboxylic acids is 1. The van der Waals surface area contributed by atoms with Crippen LogP contribution in [0.15, 0.2) is 78.9 Å². The number of carbonyl (C=O) groups is 1. The summed E-state index contributed by atoms with van der Waals surface area (Å²) in [4.78, 5) is 12.4. The van der Waals surface area contributed by atoms with Gasteiger partial charge in [-0.05, 0) is 29.3 Å². The van der Waals surface area contributed by atoms with Crippen molar-refractivity contribution < 1.29 is 9.18 Å². The van der Waals surface area contributed by atoms with Gasteiger partial charge in [-0.3, -0.25) is 0 Å². The molecule has 3 nitrogen and oxygen atoms in total. The van der Waals surface area contributed by atoms with Crippen LogP contribution >= 0.6 is 11.6 Å². The van der Waals surface area contributed by atoms with E-state index in [9.17, 15) is 9.18 Å². The molecule has 0 aliphatic carbocycles. The van der Waals surface area contributed by atoms with Gasteiger partial charge in [-0.1, -0.05) is 72.3 Å². The maximum Gasteiger partial charge on any atom is 0.319 e. The third-order valence-corrected chi connectivity index (χ3v) is 4.01. The van der Waals surface area contributed by atoms with Gasteiger partial charge in [0.15, 0.2) is 0 Å². The van der Waals surface area contributed by atoms with Crippen molar-refractivity contribution in [3.05, 3.63) is 101 Å². The van der Waals surface area contributed by atoms with E-state index in [1.165, 1.54) is 18.2 Å². The number of nitrogens with one attached hydrogen (secondary N) is 2. The minimum Gasteiger partial charge on any atom is -0.327 e. The van der Waals surface area contributed by atoms with Crippen LogP contribution in [0.5, 0.6) is 0 Å². The summed E-state index contributed by atoms with van der Waals surface area (Å²) in [5.74, 6) is -0.529. The molecule has 3 aromatic carbocycles. The molecule has 0 heterocycles. The average molecular weight is 355 g/mol. The van der Waals surface area contributed by atoms with Crippen molar-refractivity contribution in [2.75, 3.05) is 5.32 Å². The van der Waals surface area contributed by atoms with Gasteiger partial charge in [-0.25, -0.2) is 9.18 Å². The number of anilines is 1. The second-order valence-corrected chi connectivity index (χ2v) is 5.89. The Kier molecular flexibility index (Phi) is 5.31. The summed E-state index contributed by atoms with van der Waals surface area (Å²) in [5.41, 5.74) is 2.34. The van der Waals surface area contributed by atoms with Crippen molar-refractivity contribution in [3.8, 4) is 0 Å². The maximum absolute atomic E-state index is 13.2. The summed E-state index contributed by atoms with van der Waals surface area (Å²) in [6.45, 7) is 0. The highest BCUT2D eigenvalue weighted by atomic mass is 35.5. The van der Waals surface area contributed by atoms with E-state index in [1.54, 1.807) is 0 Å². The Labute approximate surface area is 150 Å². The van der Waals surface area contributed by atoms with Crippen LogP contribution in [0.4, 0.5) is 14.9 Å². The van der Waals surface area contributed by atoms with Crippen LogP contribution in [0, 0.1) is 5.82 Å². The molecule has 0 fully saturated rings. The van der Waals surface area contributed by atoms with Crippen molar-refractivity contribution in [3.63, 3.8) is 0 Å². The molecule has 2 N–H and O–H groups in total. The smallest absolute Gasteiger partial charge is 0.319 e. The van der Waals surface area contributed by atoms with E-state index < -0.39 is 11.8 Å². The molecule has 0 radical (unpaired) electrons. The van der Waals surface area contributed by atoms with Crippen molar-refractivity contribution in [1.29, 1.82) is 0 Å². The van der Waals surface area contributed by atoms with Crippen molar-refractivity contribution >= 4 is 23.3 Å². The molecule has 0 spiro atoms. The van der Waals surface area contributed by atoms with Gasteiger partial charge in [0.1, 0.15) is 5.82 Å². The van der Waals surface area contributed by atoms with Crippen LogP contribution in [0.2, 0.25) is 5.02 Å². The molecule has 0 saturated heterocycles. The predicted molar refractivity (Wildman–Crippen MR) is 98.3 cm³/mol. The summed E-state index contributed by atoms with van der Waals surface area (Å²) < 4.78 is 13.2. The van der Waals surface area contributed by atoms with Gasteiger partial charge < -0.3 is 10.6 Å². The standard InChI is InChI=1S/C20H16ClFN2O/c21-17-13-16(11-12-18(17)22)23-20(25)24-19(14-7-3-1-4-8-14)15-9-5-2-6-10-15/h1-13,19H,(H2,23,24,25). The lowest BCUT2D eigenvalue weighted by Gasteiger charge is -2.20. The quantitative estimate of drug-likeness (QED) is 0.648. The van der Waals surface area contributed by atoms with E-state index in [4.69, 9.17) is 11.6 Å². The molecule has 2 amide bonds. The molecule has 25 heavy (non-hydrogen) atoms. The second-order valence-electron chi connectivity index (χ2n) is 5.48. The van der Waals surface area contributed by atoms with Gasteiger partial charge in [-0.2, -0.15) is 0 Å². The molecule has 3 rings (SSSR count). The topological polar surface area (TPSA) is 41.1 Å². The van der Waals surface area contributed by atoms with Gasteiger partial charge in [0.25, 0.3) is 0 Å². The van der Waals surface area contributed by atoms with Gasteiger partial charge >= 0.3 is 6.03 Å². The zero-order chi connectivity index (χ0) is 17.6. The van der Waals surface area contributed by atoms with Crippen molar-refractivity contribution in [2.45, 2.75) is 6.04 Å². The van der Waals surface area contributed by atoms with Crippen LogP contribution < -0.4 is 10.6 Å². The summed E-state index contributed by atoms with van der Waals surface area (Å²) in [5, 5.41) is 5.58. The van der Waals surface area contributed by atoms with Crippen molar-refractivity contribution in [2.24, 2.45) is 0 Å². The minimum atomic E-state index is -0.529. The normalized spacial score (nSPS) is 10.5. The van der Waals surface area contributed by atoms with E-state index in [-0.39, 0.29) is 11.1 Å². The van der Waals surface area contributed by atoms with Crippen molar-refractivity contribution in [1.82, 2.24) is 5.32 Å². The first kappa shape index (κ1) is 17.0. The third kappa shape index (κ3) is 4.37. The molecule has 126 valence electrons. The van der Waals surface area contributed by atoms with E-state index in [1.807, 2.05) is 60.7 Å². The Hall–Kier alpha value is -2.85. The predicted octanol–water partition coefficient (Wildman–Crippen LogP) is 5.39. The molecular weight excluding hydrogens is 339 g/mol. The van der Waals surface area contributed by atoms with Crippen LogP contribution in [-0.2, 0) is 0 Å². The molecule has 0 aliphatic heterocycles. The summed E-state index contributed by atoms with van der Waals surface area (Å²) in [6.07, 6.45) is 0. The summed E-state index contributed by atoms with van der Waals surface area (Å²) in [7, 11) is 0. The number of amides is 2. The summed E-state index contributed by atoms with van der Waals surface area (Å²) in [6, 6.07) is 22.7. The van der Waals surface area contributed by atoms with Gasteiger partial charge in [-0.15, -0.1) is 0 Å². The van der Waals surface area contributed by atoms with Crippen LogP contribution in [0.1, 0.15) is 17.2 Å². The van der Waals surface area contributed by atoms with E-state index in [0.717, 1.165) is 11.1 Å². The highest BCUT2D eigenvalue weighted by molar-refractivity contribution is 6.31. The van der Waals surface area contributed by atoms with Crippen LogP contribution in [-0.4, -0.2) is 6.03 Å². The first-order chi connectivity index (χ1) is 12.1. The fraction of sp³-hybridized carbons (Fsp3) is 0.0500. The Morgan fingerprint density at radius 2 is 1.44 bits per heavy atom. The average Bonchev–Trinajstić information content (AvgIpc) is 2.64. The number of halogens is 2. The van der Waals surface area contributed by atoms with E-state index >= 15 is 0 Å². The minimum absolute atomic E-state index is 0.0412. The molecular formula is C20H16ClFN2O. The Morgan fingerprint density at radius 1 is 0.880 bits per heavy atom. The first-order valence-corrected chi connectivity index (χ1v) is 8.14. The monoisotopic (exact) mass is 354 g/mol. The molecule has 0 bridgehead atoms. The highest BCUT2D eigenvalue weighted by Crippen LogP contribution is 2.23. The molecule has 0 saturated carbocycles. The highest BCUT2D eigenvalue weighted by Gasteiger charge is 2.16. The maximum atomic E-state index is 13.2. The fourth-order valence-corrected chi connectivity index (χ4v) is 2.70. The number of hydrogen-bond donors (Lipinski definition) is 2. The Morgan fingerprint density at radius 3 is 1.96 bits per heavy atom. The number of benzene rings is 3. The number of rotatable bonds is 4. The number of urea groups is 1. The lowest BCUT2D eigenvalue weighted by atomic mass is 9.99. The first-order valence-electron chi connectivity index (χ1n) is 7.76. The molecule has 0 atom stereocenters. The molecule has 0 unspecified atom stereocenters. The van der Waals surface area contributed by atoms with Crippen LogP contribution in [0.25, 0.3) is 0 Å². The second kappa shape index (κ2) is 7.81. The van der Waals surface area contributed by atoms with Gasteiger partial charge in [0.05, 0.1) is 11.1 Å². The molecule has 0 aliphatic rings. The van der Waals surface area contributed by atoms with Crippen LogP contribution in [0.3, 0.4) is 0 Å². The molecule has 5 heteroatoms. The molecule has 0 aromatic heterocycles. The zero-order valence-electron chi connectivity index (χ0n) is 13.2. The Bertz CT molecular complexity index is 817.